The Bertz CT molecular complexity index is 1210. The van der Waals surface area contributed by atoms with E-state index in [4.69, 9.17) is 9.47 Å². The van der Waals surface area contributed by atoms with Gasteiger partial charge in [0.15, 0.2) is 21.6 Å². The summed E-state index contributed by atoms with van der Waals surface area (Å²) in [6.45, 7) is 1.48. The second-order valence-corrected chi connectivity index (χ2v) is 8.98. The Labute approximate surface area is 204 Å². The van der Waals surface area contributed by atoms with E-state index in [-0.39, 0.29) is 23.4 Å². The van der Waals surface area contributed by atoms with Gasteiger partial charge in [0.1, 0.15) is 0 Å². The Morgan fingerprint density at radius 1 is 1.00 bits per heavy atom. The van der Waals surface area contributed by atoms with Crippen molar-refractivity contribution < 1.29 is 23.9 Å². The van der Waals surface area contributed by atoms with Crippen LogP contribution in [0, 0.1) is 0 Å². The van der Waals surface area contributed by atoms with Gasteiger partial charge in [0, 0.05) is 17.3 Å². The van der Waals surface area contributed by atoms with E-state index in [1.165, 1.54) is 36.1 Å². The number of benzene rings is 2. The lowest BCUT2D eigenvalue weighted by Crippen LogP contribution is -2.14. The zero-order valence-corrected chi connectivity index (χ0v) is 20.3. The molecule has 1 heterocycles. The first-order valence-corrected chi connectivity index (χ1v) is 11.8. The van der Waals surface area contributed by atoms with Gasteiger partial charge in [0.05, 0.1) is 20.0 Å². The van der Waals surface area contributed by atoms with Crippen molar-refractivity contribution >= 4 is 57.6 Å². The van der Waals surface area contributed by atoms with E-state index in [9.17, 15) is 14.4 Å². The summed E-state index contributed by atoms with van der Waals surface area (Å²) in [4.78, 5) is 35.7. The summed E-state index contributed by atoms with van der Waals surface area (Å²) in [5.41, 5.74) is 1.94. The van der Waals surface area contributed by atoms with Crippen LogP contribution < -0.4 is 20.1 Å². The predicted molar refractivity (Wildman–Crippen MR) is 133 cm³/mol. The molecule has 0 radical (unpaired) electrons. The third-order valence-electron chi connectivity index (χ3n) is 4.37. The summed E-state index contributed by atoms with van der Waals surface area (Å²) in [5, 5.41) is 13.6. The Morgan fingerprint density at radius 2 is 1.74 bits per heavy atom. The number of hydrogen-bond acceptors (Lipinski definition) is 9. The number of rotatable bonds is 10. The molecule has 0 saturated carbocycles. The number of aromatic nitrogens is 2. The van der Waals surface area contributed by atoms with Gasteiger partial charge in [0.2, 0.25) is 16.9 Å². The maximum atomic E-state index is 12.2. The molecule has 0 bridgehead atoms. The maximum Gasteiger partial charge on any atom is 0.250 e. The van der Waals surface area contributed by atoms with Crippen molar-refractivity contribution in [1.82, 2.24) is 10.2 Å². The number of anilines is 2. The fraction of sp³-hybridized carbons (Fsp3) is 0.174. The van der Waals surface area contributed by atoms with Crippen LogP contribution in [-0.2, 0) is 9.59 Å². The molecule has 3 aromatic rings. The smallest absolute Gasteiger partial charge is 0.250 e. The fourth-order valence-corrected chi connectivity index (χ4v) is 4.26. The highest BCUT2D eigenvalue weighted by atomic mass is 32.2. The van der Waals surface area contributed by atoms with E-state index in [0.717, 1.165) is 5.56 Å². The van der Waals surface area contributed by atoms with E-state index < -0.39 is 0 Å². The topological polar surface area (TPSA) is 120 Å². The van der Waals surface area contributed by atoms with Gasteiger partial charge < -0.3 is 14.8 Å². The van der Waals surface area contributed by atoms with E-state index in [1.807, 2.05) is 0 Å². The summed E-state index contributed by atoms with van der Waals surface area (Å²) >= 11 is 2.37. The van der Waals surface area contributed by atoms with Crippen molar-refractivity contribution in [3.05, 3.63) is 59.7 Å². The molecule has 1 aromatic heterocycles. The number of methoxy groups -OCH3 is 2. The molecule has 0 aliphatic heterocycles. The first-order chi connectivity index (χ1) is 16.4. The van der Waals surface area contributed by atoms with Crippen LogP contribution in [0.5, 0.6) is 11.5 Å². The zero-order chi connectivity index (χ0) is 24.5. The van der Waals surface area contributed by atoms with E-state index in [0.29, 0.717) is 32.2 Å². The quantitative estimate of drug-likeness (QED) is 0.185. The Hall–Kier alpha value is -3.70. The van der Waals surface area contributed by atoms with E-state index in [1.54, 1.807) is 62.8 Å². The minimum atomic E-state index is -0.366. The minimum absolute atomic E-state index is 0.0379. The van der Waals surface area contributed by atoms with Crippen LogP contribution in [0.15, 0.2) is 52.9 Å². The van der Waals surface area contributed by atoms with Gasteiger partial charge >= 0.3 is 0 Å². The van der Waals surface area contributed by atoms with Crippen molar-refractivity contribution in [3.8, 4) is 11.5 Å². The number of carbonyl (C=O) groups excluding carboxylic acids is 3. The van der Waals surface area contributed by atoms with Gasteiger partial charge in [0.25, 0.3) is 0 Å². The number of nitrogens with one attached hydrogen (secondary N) is 2. The number of Topliss-reactive ketones (excluding diaryl/α,β-unsaturated/α-hetero) is 1. The number of carbonyl (C=O) groups is 3. The number of hydrogen-bond donors (Lipinski definition) is 2. The average Bonchev–Trinajstić information content (AvgIpc) is 3.28. The van der Waals surface area contributed by atoms with Gasteiger partial charge in [-0.15, -0.1) is 10.2 Å². The summed E-state index contributed by atoms with van der Waals surface area (Å²) in [6, 6.07) is 12.0. The molecule has 0 spiro atoms. The number of ketones is 1. The highest BCUT2D eigenvalue weighted by Gasteiger charge is 2.10. The van der Waals surface area contributed by atoms with Crippen LogP contribution in [0.1, 0.15) is 22.8 Å². The van der Waals surface area contributed by atoms with Gasteiger partial charge in [-0.3, -0.25) is 19.7 Å². The molecular weight excluding hydrogens is 476 g/mol. The lowest BCUT2D eigenvalue weighted by Gasteiger charge is -2.07. The SMILES string of the molecule is COc1ccc(/C=C/C(=O)Nc2nnc(SCC(=O)Nc3ccc(C(C)=O)cc3)s2)cc1OC. The number of amides is 2. The molecule has 0 unspecified atom stereocenters. The molecule has 176 valence electrons. The van der Waals surface area contributed by atoms with Gasteiger partial charge in [-0.2, -0.15) is 0 Å². The van der Waals surface area contributed by atoms with Crippen molar-refractivity contribution in [1.29, 1.82) is 0 Å². The maximum absolute atomic E-state index is 12.2. The molecule has 2 amide bonds. The number of ether oxygens (including phenoxy) is 2. The number of thioether (sulfide) groups is 1. The summed E-state index contributed by atoms with van der Waals surface area (Å²) in [7, 11) is 3.09. The Morgan fingerprint density at radius 3 is 2.41 bits per heavy atom. The van der Waals surface area contributed by atoms with Crippen molar-refractivity contribution in [3.63, 3.8) is 0 Å². The molecule has 0 aliphatic rings. The Kier molecular flexibility index (Phi) is 8.77. The monoisotopic (exact) mass is 498 g/mol. The van der Waals surface area contributed by atoms with E-state index >= 15 is 0 Å². The molecule has 2 aromatic carbocycles. The van der Waals surface area contributed by atoms with Crippen LogP contribution in [0.25, 0.3) is 6.08 Å². The highest BCUT2D eigenvalue weighted by molar-refractivity contribution is 8.01. The van der Waals surface area contributed by atoms with Crippen molar-refractivity contribution in [2.24, 2.45) is 0 Å². The molecule has 11 heteroatoms. The second kappa shape index (κ2) is 12.0. The van der Waals surface area contributed by atoms with Crippen molar-refractivity contribution in [2.75, 3.05) is 30.6 Å². The lowest BCUT2D eigenvalue weighted by molar-refractivity contribution is -0.114. The van der Waals surface area contributed by atoms with Crippen LogP contribution in [0.2, 0.25) is 0 Å². The largest absolute Gasteiger partial charge is 0.493 e. The molecule has 0 saturated heterocycles. The molecule has 2 N–H and O–H groups in total. The molecule has 3 rings (SSSR count). The first-order valence-electron chi connectivity index (χ1n) is 9.96. The second-order valence-electron chi connectivity index (χ2n) is 6.78. The van der Waals surface area contributed by atoms with Crippen LogP contribution in [-0.4, -0.2) is 47.8 Å². The van der Waals surface area contributed by atoms with Gasteiger partial charge in [-0.1, -0.05) is 29.2 Å². The lowest BCUT2D eigenvalue weighted by atomic mass is 10.1. The predicted octanol–water partition coefficient (Wildman–Crippen LogP) is 4.14. The van der Waals surface area contributed by atoms with Crippen LogP contribution in [0.4, 0.5) is 10.8 Å². The molecule has 34 heavy (non-hydrogen) atoms. The zero-order valence-electron chi connectivity index (χ0n) is 18.7. The summed E-state index contributed by atoms with van der Waals surface area (Å²) < 4.78 is 11.0. The minimum Gasteiger partial charge on any atom is -0.493 e. The standard InChI is InChI=1S/C23H22N4O5S2/c1-14(28)16-6-8-17(9-7-16)24-21(30)13-33-23-27-26-22(34-23)25-20(29)11-5-15-4-10-18(31-2)19(12-15)32-3/h4-12H,13H2,1-3H3,(H,24,30)(H,25,26,29)/b11-5+. The van der Waals surface area contributed by atoms with Crippen LogP contribution in [0.3, 0.4) is 0 Å². The third kappa shape index (κ3) is 7.15. The molecular formula is C23H22N4O5S2. The molecule has 0 fully saturated rings. The van der Waals surface area contributed by atoms with Gasteiger partial charge in [-0.25, -0.2) is 0 Å². The van der Waals surface area contributed by atoms with Gasteiger partial charge in [-0.05, 0) is 55.0 Å². The highest BCUT2D eigenvalue weighted by Crippen LogP contribution is 2.28. The molecule has 0 aliphatic carbocycles. The number of nitrogens with zero attached hydrogens (tertiary/aromatic N) is 2. The summed E-state index contributed by atoms with van der Waals surface area (Å²) in [6.07, 6.45) is 3.02. The van der Waals surface area contributed by atoms with Crippen molar-refractivity contribution in [2.45, 2.75) is 11.3 Å². The van der Waals surface area contributed by atoms with Crippen LogP contribution >= 0.6 is 23.1 Å². The first kappa shape index (κ1) is 24.9. The Balaban J connectivity index is 1.48. The average molecular weight is 499 g/mol. The molecule has 0 atom stereocenters. The molecule has 9 nitrogen and oxygen atoms in total. The van der Waals surface area contributed by atoms with E-state index in [2.05, 4.69) is 20.8 Å². The summed E-state index contributed by atoms with van der Waals surface area (Å²) in [5.74, 6) is 0.656. The third-order valence-corrected chi connectivity index (χ3v) is 6.35. The normalized spacial score (nSPS) is 10.7. The fourth-order valence-electron chi connectivity index (χ4n) is 2.71.